The predicted octanol–water partition coefficient (Wildman–Crippen LogP) is 3.97. The van der Waals surface area contributed by atoms with E-state index in [0.29, 0.717) is 23.6 Å². The molecule has 0 bridgehead atoms. The van der Waals surface area contributed by atoms with E-state index in [2.05, 4.69) is 4.98 Å². The lowest BCUT2D eigenvalue weighted by Crippen LogP contribution is -2.30. The van der Waals surface area contributed by atoms with Gasteiger partial charge in [0, 0.05) is 23.6 Å². The summed E-state index contributed by atoms with van der Waals surface area (Å²) in [5.74, 6) is 1.16. The number of rotatable bonds is 4. The molecule has 1 amide bonds. The SMILES string of the molecule is Cc1cccc(N(Cc2cccnc2)C(=O)c2ccc3c(c2)OCO3)c1. The fraction of sp³-hybridized carbons (Fsp3) is 0.143. The summed E-state index contributed by atoms with van der Waals surface area (Å²) in [7, 11) is 0. The molecule has 130 valence electrons. The van der Waals surface area contributed by atoms with Crippen LogP contribution in [0.25, 0.3) is 0 Å². The smallest absolute Gasteiger partial charge is 0.258 e. The highest BCUT2D eigenvalue weighted by atomic mass is 16.7. The number of aromatic nitrogens is 1. The van der Waals surface area contributed by atoms with Crippen molar-refractivity contribution >= 4 is 11.6 Å². The average molecular weight is 346 g/mol. The molecule has 0 saturated carbocycles. The lowest BCUT2D eigenvalue weighted by atomic mass is 10.1. The van der Waals surface area contributed by atoms with Gasteiger partial charge < -0.3 is 14.4 Å². The van der Waals surface area contributed by atoms with Crippen molar-refractivity contribution < 1.29 is 14.3 Å². The van der Waals surface area contributed by atoms with Crippen LogP contribution >= 0.6 is 0 Å². The first-order chi connectivity index (χ1) is 12.7. The van der Waals surface area contributed by atoms with E-state index in [4.69, 9.17) is 9.47 Å². The second-order valence-corrected chi connectivity index (χ2v) is 6.16. The summed E-state index contributed by atoms with van der Waals surface area (Å²) in [6.45, 7) is 2.63. The van der Waals surface area contributed by atoms with Gasteiger partial charge >= 0.3 is 0 Å². The highest BCUT2D eigenvalue weighted by Gasteiger charge is 2.22. The minimum atomic E-state index is -0.0993. The van der Waals surface area contributed by atoms with Gasteiger partial charge in [-0.3, -0.25) is 9.78 Å². The molecule has 26 heavy (non-hydrogen) atoms. The van der Waals surface area contributed by atoms with E-state index in [1.54, 1.807) is 35.5 Å². The van der Waals surface area contributed by atoms with Crippen LogP contribution in [0.4, 0.5) is 5.69 Å². The molecule has 1 aromatic heterocycles. The second-order valence-electron chi connectivity index (χ2n) is 6.16. The number of aryl methyl sites for hydroxylation is 1. The largest absolute Gasteiger partial charge is 0.454 e. The van der Waals surface area contributed by atoms with E-state index >= 15 is 0 Å². The summed E-state index contributed by atoms with van der Waals surface area (Å²) < 4.78 is 10.7. The zero-order valence-electron chi connectivity index (χ0n) is 14.4. The van der Waals surface area contributed by atoms with Crippen LogP contribution < -0.4 is 14.4 Å². The summed E-state index contributed by atoms with van der Waals surface area (Å²) in [6, 6.07) is 17.0. The number of benzene rings is 2. The zero-order valence-corrected chi connectivity index (χ0v) is 14.4. The van der Waals surface area contributed by atoms with E-state index in [1.807, 2.05) is 43.3 Å². The number of carbonyl (C=O) groups is 1. The first-order valence-corrected chi connectivity index (χ1v) is 8.38. The zero-order chi connectivity index (χ0) is 17.9. The highest BCUT2D eigenvalue weighted by Crippen LogP contribution is 2.33. The molecule has 5 heteroatoms. The Morgan fingerprint density at radius 3 is 2.77 bits per heavy atom. The van der Waals surface area contributed by atoms with Crippen molar-refractivity contribution in [1.29, 1.82) is 0 Å². The number of carbonyl (C=O) groups excluding carboxylic acids is 1. The molecule has 1 aliphatic heterocycles. The summed E-state index contributed by atoms with van der Waals surface area (Å²) in [6.07, 6.45) is 3.50. The maximum absolute atomic E-state index is 13.3. The van der Waals surface area contributed by atoms with Gasteiger partial charge in [-0.25, -0.2) is 0 Å². The van der Waals surface area contributed by atoms with Gasteiger partial charge in [0.25, 0.3) is 5.91 Å². The number of fused-ring (bicyclic) bond motifs is 1. The van der Waals surface area contributed by atoms with Crippen molar-refractivity contribution in [2.45, 2.75) is 13.5 Å². The molecule has 0 spiro atoms. The highest BCUT2D eigenvalue weighted by molar-refractivity contribution is 6.06. The molecule has 0 N–H and O–H groups in total. The molecule has 0 unspecified atom stereocenters. The Balaban J connectivity index is 1.71. The Kier molecular flexibility index (Phi) is 4.27. The number of hydrogen-bond acceptors (Lipinski definition) is 4. The van der Waals surface area contributed by atoms with Gasteiger partial charge in [-0.2, -0.15) is 0 Å². The van der Waals surface area contributed by atoms with Gasteiger partial charge in [-0.15, -0.1) is 0 Å². The van der Waals surface area contributed by atoms with Gasteiger partial charge in [0.15, 0.2) is 11.5 Å². The first-order valence-electron chi connectivity index (χ1n) is 8.38. The molecule has 2 heterocycles. The monoisotopic (exact) mass is 346 g/mol. The Labute approximate surface area is 151 Å². The lowest BCUT2D eigenvalue weighted by Gasteiger charge is -2.23. The maximum atomic E-state index is 13.3. The number of ether oxygens (including phenoxy) is 2. The van der Waals surface area contributed by atoms with Crippen LogP contribution in [-0.4, -0.2) is 17.7 Å². The van der Waals surface area contributed by atoms with E-state index in [1.165, 1.54) is 0 Å². The number of amides is 1. The third kappa shape index (κ3) is 3.24. The van der Waals surface area contributed by atoms with Crippen LogP contribution in [0.5, 0.6) is 11.5 Å². The molecule has 2 aromatic carbocycles. The normalized spacial score (nSPS) is 12.0. The van der Waals surface area contributed by atoms with Crippen LogP contribution in [0.2, 0.25) is 0 Å². The Morgan fingerprint density at radius 1 is 1.08 bits per heavy atom. The molecule has 0 radical (unpaired) electrons. The topological polar surface area (TPSA) is 51.7 Å². The van der Waals surface area contributed by atoms with E-state index in [0.717, 1.165) is 16.8 Å². The minimum absolute atomic E-state index is 0.0993. The molecule has 1 aliphatic rings. The quantitative estimate of drug-likeness (QED) is 0.717. The van der Waals surface area contributed by atoms with Crippen molar-refractivity contribution in [2.24, 2.45) is 0 Å². The van der Waals surface area contributed by atoms with Crippen molar-refractivity contribution in [1.82, 2.24) is 4.98 Å². The van der Waals surface area contributed by atoms with Crippen LogP contribution in [0, 0.1) is 6.92 Å². The third-order valence-corrected chi connectivity index (χ3v) is 4.24. The molecule has 3 aromatic rings. The van der Waals surface area contributed by atoms with Gasteiger partial charge in [0.2, 0.25) is 6.79 Å². The fourth-order valence-electron chi connectivity index (χ4n) is 2.94. The van der Waals surface area contributed by atoms with Crippen LogP contribution in [0.3, 0.4) is 0 Å². The van der Waals surface area contributed by atoms with Gasteiger partial charge in [-0.05, 0) is 54.4 Å². The Morgan fingerprint density at radius 2 is 1.96 bits per heavy atom. The summed E-state index contributed by atoms with van der Waals surface area (Å²) in [4.78, 5) is 19.2. The molecule has 5 nitrogen and oxygen atoms in total. The molecule has 0 fully saturated rings. The van der Waals surface area contributed by atoms with E-state index < -0.39 is 0 Å². The fourth-order valence-corrected chi connectivity index (χ4v) is 2.94. The first kappa shape index (κ1) is 16.1. The molecular weight excluding hydrogens is 328 g/mol. The minimum Gasteiger partial charge on any atom is -0.454 e. The molecular formula is C21H18N2O3. The van der Waals surface area contributed by atoms with Crippen LogP contribution in [0.15, 0.2) is 67.0 Å². The number of nitrogens with zero attached hydrogens (tertiary/aromatic N) is 2. The molecule has 0 aliphatic carbocycles. The van der Waals surface area contributed by atoms with Crippen molar-refractivity contribution in [3.05, 3.63) is 83.7 Å². The summed E-state index contributed by atoms with van der Waals surface area (Å²) in [5.41, 5.74) is 3.46. The van der Waals surface area contributed by atoms with Crippen molar-refractivity contribution in [3.8, 4) is 11.5 Å². The molecule has 0 atom stereocenters. The number of hydrogen-bond donors (Lipinski definition) is 0. The van der Waals surface area contributed by atoms with Gasteiger partial charge in [-0.1, -0.05) is 18.2 Å². The van der Waals surface area contributed by atoms with Crippen LogP contribution in [-0.2, 0) is 6.54 Å². The third-order valence-electron chi connectivity index (χ3n) is 4.24. The van der Waals surface area contributed by atoms with Crippen molar-refractivity contribution in [3.63, 3.8) is 0 Å². The van der Waals surface area contributed by atoms with Crippen molar-refractivity contribution in [2.75, 3.05) is 11.7 Å². The van der Waals surface area contributed by atoms with Gasteiger partial charge in [0.1, 0.15) is 0 Å². The molecule has 4 rings (SSSR count). The van der Waals surface area contributed by atoms with E-state index in [9.17, 15) is 4.79 Å². The average Bonchev–Trinajstić information content (AvgIpc) is 3.14. The number of pyridine rings is 1. The van der Waals surface area contributed by atoms with Gasteiger partial charge in [0.05, 0.1) is 6.54 Å². The van der Waals surface area contributed by atoms with E-state index in [-0.39, 0.29) is 12.7 Å². The Bertz CT molecular complexity index is 941. The summed E-state index contributed by atoms with van der Waals surface area (Å²) >= 11 is 0. The predicted molar refractivity (Wildman–Crippen MR) is 98.5 cm³/mol. The second kappa shape index (κ2) is 6.88. The molecule has 0 saturated heterocycles. The summed E-state index contributed by atoms with van der Waals surface area (Å²) in [5, 5.41) is 0. The maximum Gasteiger partial charge on any atom is 0.258 e. The lowest BCUT2D eigenvalue weighted by molar-refractivity contribution is 0.0984. The standard InChI is InChI=1S/C21H18N2O3/c1-15-4-2-6-18(10-15)23(13-16-5-3-9-22-12-16)21(24)17-7-8-19-20(11-17)26-14-25-19/h2-12H,13-14H2,1H3. The van der Waals surface area contributed by atoms with Crippen LogP contribution in [0.1, 0.15) is 21.5 Å². The Hall–Kier alpha value is -3.34. The number of anilines is 1.